The Labute approximate surface area is 387 Å². The summed E-state index contributed by atoms with van der Waals surface area (Å²) in [5.41, 5.74) is 18.9. The van der Waals surface area contributed by atoms with Gasteiger partial charge in [-0.15, -0.1) is 0 Å². The van der Waals surface area contributed by atoms with E-state index in [2.05, 4.69) is 52.5 Å². The first-order chi connectivity index (χ1) is 32.3. The number of nitrogens with two attached hydrogens (primary N) is 4. The summed E-state index contributed by atoms with van der Waals surface area (Å²) in [4.78, 5) is 64.0. The minimum Gasteiger partial charge on any atom is -0.370 e. The fraction of sp³-hybridized carbons (Fsp3) is 0.429. The predicted molar refractivity (Wildman–Crippen MR) is 251 cm³/mol. The lowest BCUT2D eigenvalue weighted by Crippen LogP contribution is -2.44. The lowest BCUT2D eigenvalue weighted by atomic mass is 10.1. The molecule has 16 N–H and O–H groups in total. The van der Waals surface area contributed by atoms with Crippen molar-refractivity contribution < 1.29 is 45.5 Å². The molecule has 2 heterocycles. The van der Waals surface area contributed by atoms with Gasteiger partial charge in [0.15, 0.2) is 11.9 Å². The Morgan fingerprint density at radius 3 is 1.15 bits per heavy atom. The van der Waals surface area contributed by atoms with Gasteiger partial charge in [-0.1, -0.05) is 0 Å². The molecule has 5 rings (SSSR count). The van der Waals surface area contributed by atoms with E-state index in [0.717, 1.165) is 24.3 Å². The molecule has 2 aliphatic heterocycles. The number of halogens is 6. The number of amides is 6. The molecule has 0 unspecified atom stereocenters. The summed E-state index contributed by atoms with van der Waals surface area (Å²) in [7, 11) is 0. The van der Waals surface area contributed by atoms with Gasteiger partial charge < -0.3 is 75.3 Å². The quantitative estimate of drug-likeness (QED) is 0.0361. The first-order valence-electron chi connectivity index (χ1n) is 21.6. The molecule has 2 saturated heterocycles. The number of nitrogens with one attached hydrogen (secondary N) is 8. The number of anilines is 8. The molecule has 0 atom stereocenters. The van der Waals surface area contributed by atoms with Gasteiger partial charge >= 0.3 is 24.4 Å². The van der Waals surface area contributed by atoms with Crippen LogP contribution in [0.15, 0.2) is 58.5 Å². The monoisotopic (exact) mass is 962 g/mol. The Balaban J connectivity index is 1.31. The topological polar surface area (TPSA) is 300 Å². The smallest absolute Gasteiger partial charge is 0.370 e. The predicted octanol–water partition coefficient (Wildman–Crippen LogP) is 4.60. The summed E-state index contributed by atoms with van der Waals surface area (Å²) in [5, 5.41) is 21.6. The summed E-state index contributed by atoms with van der Waals surface area (Å²) in [6, 6.07) is 6.82. The van der Waals surface area contributed by atoms with E-state index >= 15 is 0 Å². The van der Waals surface area contributed by atoms with Crippen LogP contribution in [0.1, 0.15) is 49.7 Å². The van der Waals surface area contributed by atoms with E-state index < -0.39 is 47.4 Å². The molecule has 0 aliphatic carbocycles. The van der Waals surface area contributed by atoms with Gasteiger partial charge in [-0.05, 0) is 74.2 Å². The summed E-state index contributed by atoms with van der Waals surface area (Å²) in [6.07, 6.45) is -8.20. The molecule has 0 aromatic heterocycles. The highest BCUT2D eigenvalue weighted by molar-refractivity contribution is 6.07. The molecule has 3 aromatic rings. The second-order valence-corrected chi connectivity index (χ2v) is 15.7. The molecular weight excluding hydrogens is 907 g/mol. The maximum absolute atomic E-state index is 14.2. The number of aliphatic imine (C=N–C) groups is 2. The average molecular weight is 963 g/mol. The Morgan fingerprint density at radius 2 is 0.838 bits per heavy atom. The van der Waals surface area contributed by atoms with Crippen molar-refractivity contribution in [2.75, 3.05) is 107 Å². The van der Waals surface area contributed by atoms with E-state index in [4.69, 9.17) is 22.9 Å². The molecule has 26 heteroatoms. The van der Waals surface area contributed by atoms with Crippen LogP contribution < -0.4 is 75.3 Å². The second-order valence-electron chi connectivity index (χ2n) is 15.7. The number of urea groups is 2. The lowest BCUT2D eigenvalue weighted by molar-refractivity contribution is -0.138. The third kappa shape index (κ3) is 16.0. The third-order valence-electron chi connectivity index (χ3n) is 10.4. The van der Waals surface area contributed by atoms with E-state index in [1.807, 2.05) is 0 Å². The van der Waals surface area contributed by atoms with Crippen LogP contribution in [0.3, 0.4) is 0 Å². The number of benzene rings is 3. The van der Waals surface area contributed by atoms with E-state index in [0.29, 0.717) is 78.0 Å². The molecule has 2 aliphatic rings. The molecule has 0 radical (unpaired) electrons. The lowest BCUT2D eigenvalue weighted by Gasteiger charge is -2.33. The molecular formula is C42H56F6N16O4. The van der Waals surface area contributed by atoms with Crippen LogP contribution in [0, 0.1) is 0 Å². The van der Waals surface area contributed by atoms with E-state index in [9.17, 15) is 45.5 Å². The SMILES string of the molecule is NC(N)=NCCCCC(=O)Nc1cc(C(F)(F)F)cc(NC(=O)Nc2ccc(NC(=O)Nc3cc(C(F)(F)F)cc(NC(=O)CCCCN=C(N)N)c3N3CCNCC3)cc2)c1N1CCNCC1. The fourth-order valence-electron chi connectivity index (χ4n) is 7.28. The highest BCUT2D eigenvalue weighted by Crippen LogP contribution is 2.43. The van der Waals surface area contributed by atoms with Gasteiger partial charge in [0.2, 0.25) is 11.8 Å². The molecule has 68 heavy (non-hydrogen) atoms. The first-order valence-corrected chi connectivity index (χ1v) is 21.6. The third-order valence-corrected chi connectivity index (χ3v) is 10.4. The van der Waals surface area contributed by atoms with Gasteiger partial charge in [0, 0.05) is 89.7 Å². The molecule has 6 amide bonds. The summed E-state index contributed by atoms with van der Waals surface area (Å²) >= 11 is 0. The highest BCUT2D eigenvalue weighted by Gasteiger charge is 2.35. The van der Waals surface area contributed by atoms with Gasteiger partial charge in [-0.3, -0.25) is 19.6 Å². The Hall–Kier alpha value is -7.22. The number of carbonyl (C=O) groups excluding carboxylic acids is 4. The van der Waals surface area contributed by atoms with Crippen LogP contribution in [0.2, 0.25) is 0 Å². The molecule has 3 aromatic carbocycles. The minimum atomic E-state index is -4.85. The van der Waals surface area contributed by atoms with Crippen LogP contribution in [0.5, 0.6) is 0 Å². The normalized spacial score (nSPS) is 14.0. The van der Waals surface area contributed by atoms with Crippen molar-refractivity contribution >= 4 is 81.3 Å². The van der Waals surface area contributed by atoms with Crippen LogP contribution in [-0.2, 0) is 21.9 Å². The fourth-order valence-corrected chi connectivity index (χ4v) is 7.28. The number of carbonyl (C=O) groups is 4. The summed E-state index contributed by atoms with van der Waals surface area (Å²) < 4.78 is 85.5. The highest BCUT2D eigenvalue weighted by atomic mass is 19.4. The molecule has 0 saturated carbocycles. The summed E-state index contributed by atoms with van der Waals surface area (Å²) in [5.74, 6) is -1.34. The van der Waals surface area contributed by atoms with Gasteiger partial charge in [-0.2, -0.15) is 26.3 Å². The van der Waals surface area contributed by atoms with E-state index in [1.54, 1.807) is 9.80 Å². The van der Waals surface area contributed by atoms with Gasteiger partial charge in [-0.25, -0.2) is 9.59 Å². The Kier molecular flexibility index (Phi) is 18.3. The molecule has 0 bridgehead atoms. The van der Waals surface area contributed by atoms with Crippen molar-refractivity contribution in [1.82, 2.24) is 10.6 Å². The summed E-state index contributed by atoms with van der Waals surface area (Å²) in [6.45, 7) is 3.81. The van der Waals surface area contributed by atoms with Crippen LogP contribution in [0.4, 0.5) is 81.4 Å². The van der Waals surface area contributed by atoms with Crippen LogP contribution >= 0.6 is 0 Å². The molecule has 2 fully saturated rings. The van der Waals surface area contributed by atoms with Crippen molar-refractivity contribution in [3.05, 3.63) is 59.7 Å². The Bertz CT molecular complexity index is 2130. The largest absolute Gasteiger partial charge is 0.416 e. The standard InChI is InChI=1S/C42H56F6N16O4/c43-41(44,45)25-21-29(59-33(65)5-1-3-11-55-37(49)50)35(63-17-13-53-14-18-63)31(23-25)61-39(67)57-27-7-9-28(10-8-27)58-40(68)62-32-24-26(42(46,47)48)22-30(36(32)64-19-15-54-16-20-64)60-34(66)6-2-4-12-56-38(51)52/h7-10,21-24,53-54H,1-6,11-20H2,(H,59,65)(H,60,66)(H4,49,50,55)(H4,51,52,56)(H2,57,61,67)(H2,58,62,68). The van der Waals surface area contributed by atoms with Crippen molar-refractivity contribution in [2.45, 2.75) is 50.9 Å². The second kappa shape index (κ2) is 24.0. The molecule has 370 valence electrons. The van der Waals surface area contributed by atoms with E-state index in [-0.39, 0.29) is 83.3 Å². The first kappa shape index (κ1) is 51.8. The number of unbranched alkanes of at least 4 members (excludes halogenated alkanes) is 2. The maximum atomic E-state index is 14.2. The minimum absolute atomic E-state index is 0.0402. The number of alkyl halides is 6. The Morgan fingerprint density at radius 1 is 0.515 bits per heavy atom. The van der Waals surface area contributed by atoms with Crippen LogP contribution in [0.25, 0.3) is 0 Å². The zero-order chi connectivity index (χ0) is 49.4. The number of hydrogen-bond acceptors (Lipinski definition) is 10. The van der Waals surface area contributed by atoms with E-state index in [1.165, 1.54) is 24.3 Å². The molecule has 20 nitrogen and oxygen atoms in total. The molecule has 0 spiro atoms. The number of nitrogens with zero attached hydrogens (tertiary/aromatic N) is 4. The number of rotatable bonds is 18. The zero-order valence-electron chi connectivity index (χ0n) is 36.9. The van der Waals surface area contributed by atoms with Crippen LogP contribution in [-0.4, -0.2) is 101 Å². The van der Waals surface area contributed by atoms with Crippen molar-refractivity contribution in [3.8, 4) is 0 Å². The van der Waals surface area contributed by atoms with Gasteiger partial charge in [0.25, 0.3) is 0 Å². The van der Waals surface area contributed by atoms with Crippen molar-refractivity contribution in [1.29, 1.82) is 0 Å². The van der Waals surface area contributed by atoms with Crippen molar-refractivity contribution in [3.63, 3.8) is 0 Å². The number of piperazine rings is 2. The average Bonchev–Trinajstić information content (AvgIpc) is 3.26. The van der Waals surface area contributed by atoms with Crippen molar-refractivity contribution in [2.24, 2.45) is 32.9 Å². The van der Waals surface area contributed by atoms with Gasteiger partial charge in [0.1, 0.15) is 0 Å². The maximum Gasteiger partial charge on any atom is 0.416 e. The number of hydrogen-bond donors (Lipinski definition) is 12. The number of guanidine groups is 2. The zero-order valence-corrected chi connectivity index (χ0v) is 36.9. The van der Waals surface area contributed by atoms with Gasteiger partial charge in [0.05, 0.1) is 45.3 Å².